The predicted octanol–water partition coefficient (Wildman–Crippen LogP) is 0.287. The van der Waals surface area contributed by atoms with Crippen molar-refractivity contribution in [2.45, 2.75) is 12.6 Å². The fraction of sp³-hybridized carbons (Fsp3) is 0.462. The van der Waals surface area contributed by atoms with Gasteiger partial charge in [-0.1, -0.05) is 0 Å². The molecule has 112 valence electrons. The second-order valence-corrected chi connectivity index (χ2v) is 5.98. The Bertz CT molecular complexity index is 726. The fourth-order valence-electron chi connectivity index (χ4n) is 2.55. The first kappa shape index (κ1) is 14.2. The van der Waals surface area contributed by atoms with Crippen LogP contribution in [0.15, 0.2) is 22.4 Å². The summed E-state index contributed by atoms with van der Waals surface area (Å²) in [6.07, 6.45) is 1.69. The van der Waals surface area contributed by atoms with E-state index in [-0.39, 0.29) is 18.2 Å². The number of hydrogen-bond acceptors (Lipinski definition) is 6. The molecule has 3 heterocycles. The number of aromatic nitrogens is 2. The Hall–Kier alpha value is -1.77. The number of hydrogen-bond donors (Lipinski definition) is 1. The van der Waals surface area contributed by atoms with E-state index in [4.69, 9.17) is 4.74 Å². The van der Waals surface area contributed by atoms with Crippen molar-refractivity contribution in [1.29, 1.82) is 0 Å². The standard InChI is InChI=1S/C13H15N3O4S/c1-15(10-7-20-6-9(10)12(18)19)5-8-4-11(17)16-2-3-21-13(16)14-8/h2-4,9-10H,5-7H2,1H3,(H,18,19). The van der Waals surface area contributed by atoms with Gasteiger partial charge in [0.15, 0.2) is 4.96 Å². The third-order valence-corrected chi connectivity index (χ3v) is 4.46. The van der Waals surface area contributed by atoms with Crippen molar-refractivity contribution in [3.63, 3.8) is 0 Å². The Labute approximate surface area is 124 Å². The third kappa shape index (κ3) is 2.69. The lowest BCUT2D eigenvalue weighted by atomic mass is 10.0. The summed E-state index contributed by atoms with van der Waals surface area (Å²) in [5, 5.41) is 11.0. The van der Waals surface area contributed by atoms with E-state index in [2.05, 4.69) is 4.98 Å². The van der Waals surface area contributed by atoms with Gasteiger partial charge in [-0.25, -0.2) is 4.98 Å². The number of likely N-dealkylation sites (N-methyl/N-ethyl adjacent to an activating group) is 1. The predicted molar refractivity (Wildman–Crippen MR) is 76.5 cm³/mol. The van der Waals surface area contributed by atoms with Crippen molar-refractivity contribution in [3.05, 3.63) is 33.7 Å². The van der Waals surface area contributed by atoms with Gasteiger partial charge in [0.2, 0.25) is 0 Å². The quantitative estimate of drug-likeness (QED) is 0.874. The zero-order valence-corrected chi connectivity index (χ0v) is 12.2. The zero-order chi connectivity index (χ0) is 15.0. The first-order valence-electron chi connectivity index (χ1n) is 6.53. The van der Waals surface area contributed by atoms with Crippen molar-refractivity contribution < 1.29 is 14.6 Å². The van der Waals surface area contributed by atoms with Crippen LogP contribution in [0.2, 0.25) is 0 Å². The number of carbonyl (C=O) groups is 1. The normalized spacial score (nSPS) is 22.2. The van der Waals surface area contributed by atoms with E-state index < -0.39 is 11.9 Å². The van der Waals surface area contributed by atoms with E-state index >= 15 is 0 Å². The van der Waals surface area contributed by atoms with Crippen molar-refractivity contribution in [1.82, 2.24) is 14.3 Å². The van der Waals surface area contributed by atoms with Crippen LogP contribution in [0.1, 0.15) is 5.69 Å². The molecular formula is C13H15N3O4S. The molecule has 2 unspecified atom stereocenters. The number of nitrogens with zero attached hydrogens (tertiary/aromatic N) is 3. The van der Waals surface area contributed by atoms with Crippen LogP contribution in [0.3, 0.4) is 0 Å². The molecule has 21 heavy (non-hydrogen) atoms. The maximum absolute atomic E-state index is 11.9. The molecule has 1 aliphatic heterocycles. The van der Waals surface area contributed by atoms with Gasteiger partial charge < -0.3 is 9.84 Å². The van der Waals surface area contributed by atoms with Gasteiger partial charge in [0.25, 0.3) is 5.56 Å². The van der Waals surface area contributed by atoms with Crippen molar-refractivity contribution in [3.8, 4) is 0 Å². The Kier molecular flexibility index (Phi) is 3.75. The van der Waals surface area contributed by atoms with E-state index in [1.54, 1.807) is 6.20 Å². The highest BCUT2D eigenvalue weighted by atomic mass is 32.1. The molecule has 0 radical (unpaired) electrons. The molecular weight excluding hydrogens is 294 g/mol. The summed E-state index contributed by atoms with van der Waals surface area (Å²) in [5.74, 6) is -1.40. The molecule has 3 rings (SSSR count). The number of thiazole rings is 1. The number of carboxylic acids is 1. The molecule has 0 aromatic carbocycles. The summed E-state index contributed by atoms with van der Waals surface area (Å²) in [4.78, 5) is 30.1. The summed E-state index contributed by atoms with van der Waals surface area (Å²) in [6, 6.07) is 1.29. The molecule has 8 heteroatoms. The molecule has 1 saturated heterocycles. The van der Waals surface area contributed by atoms with E-state index in [0.717, 1.165) is 0 Å². The number of carboxylic acid groups (broad SMARTS) is 1. The maximum atomic E-state index is 11.9. The summed E-state index contributed by atoms with van der Waals surface area (Å²) < 4.78 is 6.76. The maximum Gasteiger partial charge on any atom is 0.310 e. The molecule has 7 nitrogen and oxygen atoms in total. The van der Waals surface area contributed by atoms with E-state index in [1.807, 2.05) is 17.3 Å². The van der Waals surface area contributed by atoms with Crippen LogP contribution in [0.5, 0.6) is 0 Å². The Balaban J connectivity index is 1.81. The van der Waals surface area contributed by atoms with Gasteiger partial charge in [0.1, 0.15) is 0 Å². The lowest BCUT2D eigenvalue weighted by Crippen LogP contribution is -2.40. The third-order valence-electron chi connectivity index (χ3n) is 3.70. The summed E-state index contributed by atoms with van der Waals surface area (Å²) in [5.41, 5.74) is 0.517. The van der Waals surface area contributed by atoms with Gasteiger partial charge in [-0.05, 0) is 7.05 Å². The molecule has 1 fully saturated rings. The van der Waals surface area contributed by atoms with E-state index in [1.165, 1.54) is 21.8 Å². The van der Waals surface area contributed by atoms with Crippen molar-refractivity contribution in [2.24, 2.45) is 5.92 Å². The fourth-order valence-corrected chi connectivity index (χ4v) is 3.29. The van der Waals surface area contributed by atoms with Crippen LogP contribution in [-0.4, -0.2) is 51.7 Å². The molecule has 2 aromatic rings. The molecule has 0 saturated carbocycles. The Morgan fingerprint density at radius 1 is 1.62 bits per heavy atom. The van der Waals surface area contributed by atoms with Crippen molar-refractivity contribution in [2.75, 3.05) is 20.3 Å². The van der Waals surface area contributed by atoms with Crippen molar-refractivity contribution >= 4 is 22.3 Å². The molecule has 2 atom stereocenters. The Morgan fingerprint density at radius 3 is 3.19 bits per heavy atom. The number of rotatable bonds is 4. The van der Waals surface area contributed by atoms with Gasteiger partial charge in [-0.3, -0.25) is 18.9 Å². The topological polar surface area (TPSA) is 84.1 Å². The minimum atomic E-state index is -0.855. The smallest absolute Gasteiger partial charge is 0.310 e. The molecule has 1 N–H and O–H groups in total. The summed E-state index contributed by atoms with van der Waals surface area (Å²) >= 11 is 1.39. The van der Waals surface area contributed by atoms with Gasteiger partial charge in [-0.15, -0.1) is 11.3 Å². The van der Waals surface area contributed by atoms with Crippen LogP contribution in [-0.2, 0) is 16.1 Å². The molecule has 1 aliphatic rings. The highest BCUT2D eigenvalue weighted by molar-refractivity contribution is 7.15. The summed E-state index contributed by atoms with van der Waals surface area (Å²) in [6.45, 7) is 1.03. The van der Waals surface area contributed by atoms with Gasteiger partial charge >= 0.3 is 5.97 Å². The van der Waals surface area contributed by atoms with E-state index in [0.29, 0.717) is 23.8 Å². The minimum absolute atomic E-state index is 0.123. The molecule has 0 bridgehead atoms. The van der Waals surface area contributed by atoms with Gasteiger partial charge in [0, 0.05) is 30.2 Å². The van der Waals surface area contributed by atoms with Crippen LogP contribution < -0.4 is 5.56 Å². The average Bonchev–Trinajstić information content (AvgIpc) is 3.07. The molecule has 0 amide bonds. The SMILES string of the molecule is CN(Cc1cc(=O)n2ccsc2n1)C1COCC1C(=O)O. The number of aliphatic carboxylic acids is 1. The highest BCUT2D eigenvalue weighted by Crippen LogP contribution is 2.20. The van der Waals surface area contributed by atoms with Crippen LogP contribution in [0.4, 0.5) is 0 Å². The van der Waals surface area contributed by atoms with Crippen LogP contribution in [0, 0.1) is 5.92 Å². The number of ether oxygens (including phenoxy) is 1. The average molecular weight is 309 g/mol. The molecule has 0 spiro atoms. The second-order valence-electron chi connectivity index (χ2n) is 5.11. The van der Waals surface area contributed by atoms with E-state index in [9.17, 15) is 14.7 Å². The molecule has 2 aromatic heterocycles. The van der Waals surface area contributed by atoms with Crippen LogP contribution >= 0.6 is 11.3 Å². The second kappa shape index (κ2) is 5.55. The van der Waals surface area contributed by atoms with Gasteiger partial charge in [-0.2, -0.15) is 0 Å². The summed E-state index contributed by atoms with van der Waals surface area (Å²) in [7, 11) is 1.83. The Morgan fingerprint density at radius 2 is 2.43 bits per heavy atom. The largest absolute Gasteiger partial charge is 0.481 e. The minimum Gasteiger partial charge on any atom is -0.481 e. The monoisotopic (exact) mass is 309 g/mol. The van der Waals surface area contributed by atoms with Gasteiger partial charge in [0.05, 0.1) is 24.8 Å². The first-order valence-corrected chi connectivity index (χ1v) is 7.41. The number of fused-ring (bicyclic) bond motifs is 1. The van der Waals surface area contributed by atoms with Crippen LogP contribution in [0.25, 0.3) is 4.96 Å². The lowest BCUT2D eigenvalue weighted by Gasteiger charge is -2.25. The highest BCUT2D eigenvalue weighted by Gasteiger charge is 2.36. The zero-order valence-electron chi connectivity index (χ0n) is 11.4. The first-order chi connectivity index (χ1) is 10.1. The lowest BCUT2D eigenvalue weighted by molar-refractivity contribution is -0.143. The molecule has 0 aliphatic carbocycles.